The molecule has 4 aromatic carbocycles. The largest absolute Gasteiger partial charge is 0.487 e. The van der Waals surface area contributed by atoms with Gasteiger partial charge in [0.1, 0.15) is 39.6 Å². The second kappa shape index (κ2) is 20.5. The van der Waals surface area contributed by atoms with Crippen LogP contribution < -0.4 is 18.9 Å². The summed E-state index contributed by atoms with van der Waals surface area (Å²) in [5, 5.41) is 0. The zero-order chi connectivity index (χ0) is 46.2. The lowest BCUT2D eigenvalue weighted by Crippen LogP contribution is -2.57. The van der Waals surface area contributed by atoms with Gasteiger partial charge >= 0.3 is 11.9 Å². The Labute approximate surface area is 380 Å². The summed E-state index contributed by atoms with van der Waals surface area (Å²) in [7, 11) is 0. The van der Waals surface area contributed by atoms with Crippen molar-refractivity contribution in [2.75, 3.05) is 0 Å². The molecule has 0 spiro atoms. The minimum Gasteiger partial charge on any atom is -0.487 e. The van der Waals surface area contributed by atoms with Crippen LogP contribution in [0.25, 0.3) is 0 Å². The third-order valence-electron chi connectivity index (χ3n) is 15.5. The highest BCUT2D eigenvalue weighted by atomic mass is 16.5. The van der Waals surface area contributed by atoms with Gasteiger partial charge in [-0.15, -0.1) is 0 Å². The second-order valence-electron chi connectivity index (χ2n) is 19.2. The molecule has 0 aliphatic heterocycles. The monoisotopic (exact) mass is 859 g/mol. The lowest BCUT2D eigenvalue weighted by Gasteiger charge is -2.47. The van der Waals surface area contributed by atoms with E-state index in [1.165, 1.54) is 36.0 Å². The summed E-state index contributed by atoms with van der Waals surface area (Å²) in [5.74, 6) is 2.25. The van der Waals surface area contributed by atoms with E-state index in [2.05, 4.69) is 119 Å². The van der Waals surface area contributed by atoms with Gasteiger partial charge in [-0.2, -0.15) is 0 Å². The Morgan fingerprint density at radius 2 is 1.08 bits per heavy atom. The molecule has 1 saturated carbocycles. The first-order chi connectivity index (χ1) is 30.0. The van der Waals surface area contributed by atoms with Crippen molar-refractivity contribution < 1.29 is 28.5 Å². The molecule has 0 aromatic heterocycles. The van der Waals surface area contributed by atoms with Crippen LogP contribution in [0.15, 0.2) is 84.9 Å². The molecule has 1 aliphatic carbocycles. The zero-order valence-electron chi connectivity index (χ0n) is 41.1. The Morgan fingerprint density at radius 1 is 0.587 bits per heavy atom. The standard InChI is InChI=1S/C57H78O6/c1-14-40(8)51(58)60-47-30-24-43(25-31-47)53(11,12)44-26-32-48(33-27-44)62-57(19-6,20-7)56(17-4,18-5)52(59)61-49-34-28-45(38-41(49)9)55(36-22-21-23-37-55)46-29-35-50(42(10)39-46)63-54(13,15-2)16-3/h24-35,38-40H,14-23,36-37H2,1-13H3. The predicted octanol–water partition coefficient (Wildman–Crippen LogP) is 15.1. The average Bonchev–Trinajstić information content (AvgIpc) is 3.30. The topological polar surface area (TPSA) is 71.1 Å². The molecular formula is C57H78O6. The molecule has 63 heavy (non-hydrogen) atoms. The smallest absolute Gasteiger partial charge is 0.321 e. The molecule has 6 nitrogen and oxygen atoms in total. The highest BCUT2D eigenvalue weighted by molar-refractivity contribution is 5.81. The fraction of sp³-hybridized carbons (Fsp3) is 0.544. The molecule has 0 heterocycles. The van der Waals surface area contributed by atoms with Crippen molar-refractivity contribution in [1.29, 1.82) is 0 Å². The molecule has 342 valence electrons. The van der Waals surface area contributed by atoms with Gasteiger partial charge in [0.2, 0.25) is 0 Å². The first-order valence-corrected chi connectivity index (χ1v) is 24.2. The fourth-order valence-corrected chi connectivity index (χ4v) is 10.1. The molecule has 0 radical (unpaired) electrons. The summed E-state index contributed by atoms with van der Waals surface area (Å²) in [6.07, 6.45) is 10.8. The summed E-state index contributed by atoms with van der Waals surface area (Å²) in [5.41, 5.74) is 4.67. The Hall–Kier alpha value is -4.58. The Kier molecular flexibility index (Phi) is 16.1. The first kappa shape index (κ1) is 49.4. The molecule has 4 aromatic rings. The van der Waals surface area contributed by atoms with Crippen LogP contribution in [-0.2, 0) is 20.4 Å². The minimum atomic E-state index is -0.892. The third kappa shape index (κ3) is 10.1. The highest BCUT2D eigenvalue weighted by Gasteiger charge is 2.56. The van der Waals surface area contributed by atoms with Gasteiger partial charge in [0.15, 0.2) is 0 Å². The van der Waals surface area contributed by atoms with E-state index in [1.807, 2.05) is 56.3 Å². The molecule has 1 unspecified atom stereocenters. The van der Waals surface area contributed by atoms with E-state index >= 15 is 0 Å². The van der Waals surface area contributed by atoms with Crippen molar-refractivity contribution >= 4 is 11.9 Å². The highest BCUT2D eigenvalue weighted by Crippen LogP contribution is 2.49. The van der Waals surface area contributed by atoms with Crippen molar-refractivity contribution in [3.63, 3.8) is 0 Å². The first-order valence-electron chi connectivity index (χ1n) is 24.2. The van der Waals surface area contributed by atoms with Crippen molar-refractivity contribution in [2.45, 2.75) is 189 Å². The van der Waals surface area contributed by atoms with Crippen LogP contribution in [-0.4, -0.2) is 23.1 Å². The maximum absolute atomic E-state index is 14.8. The molecular weight excluding hydrogens is 781 g/mol. The van der Waals surface area contributed by atoms with E-state index in [0.29, 0.717) is 37.2 Å². The van der Waals surface area contributed by atoms with Crippen LogP contribution in [0.1, 0.15) is 187 Å². The molecule has 0 N–H and O–H groups in total. The van der Waals surface area contributed by atoms with Gasteiger partial charge in [0.05, 0.1) is 5.92 Å². The van der Waals surface area contributed by atoms with Crippen LogP contribution in [0.3, 0.4) is 0 Å². The molecule has 0 saturated heterocycles. The van der Waals surface area contributed by atoms with E-state index in [9.17, 15) is 9.59 Å². The fourth-order valence-electron chi connectivity index (χ4n) is 10.1. The number of ether oxygens (including phenoxy) is 4. The SMILES string of the molecule is CCC(C)C(=O)Oc1ccc(C(C)(C)c2ccc(OC(CC)(CC)C(CC)(CC)C(=O)Oc3ccc(C4(c5ccc(OC(C)(CC)CC)c(C)c5)CCCCC4)cc3C)cc2)cc1. The van der Waals surface area contributed by atoms with Gasteiger partial charge in [-0.25, -0.2) is 0 Å². The lowest BCUT2D eigenvalue weighted by molar-refractivity contribution is -0.165. The number of benzene rings is 4. The number of carbonyl (C=O) groups excluding carboxylic acids is 2. The van der Waals surface area contributed by atoms with Crippen LogP contribution in [0.4, 0.5) is 0 Å². The Balaban J connectivity index is 1.38. The van der Waals surface area contributed by atoms with E-state index in [1.54, 1.807) is 0 Å². The van der Waals surface area contributed by atoms with Gasteiger partial charge in [-0.1, -0.05) is 137 Å². The van der Waals surface area contributed by atoms with Crippen molar-refractivity contribution in [2.24, 2.45) is 11.3 Å². The summed E-state index contributed by atoms with van der Waals surface area (Å²) >= 11 is 0. The summed E-state index contributed by atoms with van der Waals surface area (Å²) in [6.45, 7) is 27.5. The predicted molar refractivity (Wildman–Crippen MR) is 259 cm³/mol. The number of hydrogen-bond acceptors (Lipinski definition) is 6. The molecule has 1 atom stereocenters. The lowest BCUT2D eigenvalue weighted by atomic mass is 9.64. The van der Waals surface area contributed by atoms with Crippen molar-refractivity contribution in [3.05, 3.63) is 118 Å². The Morgan fingerprint density at radius 3 is 1.52 bits per heavy atom. The Bertz CT molecular complexity index is 2130. The molecule has 5 rings (SSSR count). The van der Waals surface area contributed by atoms with Crippen LogP contribution in [0.5, 0.6) is 23.0 Å². The number of hydrogen-bond donors (Lipinski definition) is 0. The normalized spacial score (nSPS) is 15.1. The van der Waals surface area contributed by atoms with Gasteiger partial charge in [-0.05, 0) is 148 Å². The van der Waals surface area contributed by atoms with Gasteiger partial charge in [-0.3, -0.25) is 9.59 Å². The molecule has 0 bridgehead atoms. The maximum atomic E-state index is 14.8. The number of esters is 2. The second-order valence-corrected chi connectivity index (χ2v) is 19.2. The van der Waals surface area contributed by atoms with E-state index in [4.69, 9.17) is 18.9 Å². The molecule has 1 aliphatic rings. The minimum absolute atomic E-state index is 0.115. The molecule has 1 fully saturated rings. The van der Waals surface area contributed by atoms with Gasteiger partial charge in [0.25, 0.3) is 0 Å². The molecule has 0 amide bonds. The third-order valence-corrected chi connectivity index (χ3v) is 15.5. The van der Waals surface area contributed by atoms with Crippen molar-refractivity contribution in [1.82, 2.24) is 0 Å². The van der Waals surface area contributed by atoms with Crippen molar-refractivity contribution in [3.8, 4) is 23.0 Å². The van der Waals surface area contributed by atoms with Gasteiger partial charge in [0, 0.05) is 10.8 Å². The summed E-state index contributed by atoms with van der Waals surface area (Å²) in [4.78, 5) is 27.2. The van der Waals surface area contributed by atoms with E-state index < -0.39 is 11.0 Å². The maximum Gasteiger partial charge on any atom is 0.321 e. The average molecular weight is 859 g/mol. The van der Waals surface area contributed by atoms with Crippen LogP contribution >= 0.6 is 0 Å². The van der Waals surface area contributed by atoms with E-state index in [0.717, 1.165) is 60.3 Å². The summed E-state index contributed by atoms with van der Waals surface area (Å²) in [6, 6.07) is 29.4. The van der Waals surface area contributed by atoms with Crippen LogP contribution in [0.2, 0.25) is 0 Å². The number of rotatable bonds is 20. The summed E-state index contributed by atoms with van der Waals surface area (Å²) < 4.78 is 25.8. The quantitative estimate of drug-likeness (QED) is 0.0651. The van der Waals surface area contributed by atoms with Gasteiger partial charge < -0.3 is 18.9 Å². The zero-order valence-corrected chi connectivity index (χ0v) is 41.1. The van der Waals surface area contributed by atoms with E-state index in [-0.39, 0.29) is 34.3 Å². The molecule has 6 heteroatoms. The van der Waals surface area contributed by atoms with Crippen LogP contribution in [0, 0.1) is 25.2 Å². The number of carbonyl (C=O) groups is 2. The number of aryl methyl sites for hydroxylation is 2.